The number of nitrogens with zero attached hydrogens (tertiary/aromatic N) is 2. The molecule has 2 aliphatic rings. The zero-order valence-electron chi connectivity index (χ0n) is 13.7. The fourth-order valence-corrected chi connectivity index (χ4v) is 4.22. The molecule has 0 amide bonds. The van der Waals surface area contributed by atoms with E-state index >= 15 is 0 Å². The van der Waals surface area contributed by atoms with Gasteiger partial charge in [-0.15, -0.1) is 0 Å². The largest absolute Gasteiger partial charge is 0.381 e. The van der Waals surface area contributed by atoms with Crippen molar-refractivity contribution in [2.24, 2.45) is 5.92 Å². The first-order valence-electron chi connectivity index (χ1n) is 8.47. The molecule has 0 radical (unpaired) electrons. The SMILES string of the molecule is N#Cc1cc(F)c(N2C[C@H](c3ccccc3)[C@@H]3COCC[C@@H]32)c(F)c1. The number of benzene rings is 2. The fraction of sp³-hybridized carbons (Fsp3) is 0.350. The summed E-state index contributed by atoms with van der Waals surface area (Å²) in [6.45, 7) is 1.74. The van der Waals surface area contributed by atoms with Crippen molar-refractivity contribution in [1.29, 1.82) is 5.26 Å². The van der Waals surface area contributed by atoms with Crippen molar-refractivity contribution in [3.05, 3.63) is 65.2 Å². The Labute approximate surface area is 145 Å². The van der Waals surface area contributed by atoms with E-state index in [1.165, 1.54) is 5.56 Å². The summed E-state index contributed by atoms with van der Waals surface area (Å²) in [5.41, 5.74) is 1.15. The number of fused-ring (bicyclic) bond motifs is 1. The number of anilines is 1. The van der Waals surface area contributed by atoms with Crippen LogP contribution in [0.2, 0.25) is 0 Å². The van der Waals surface area contributed by atoms with Crippen LogP contribution in [0.1, 0.15) is 23.5 Å². The minimum absolute atomic E-state index is 0.00100. The van der Waals surface area contributed by atoms with E-state index < -0.39 is 11.6 Å². The van der Waals surface area contributed by atoms with Crippen LogP contribution in [0.25, 0.3) is 0 Å². The van der Waals surface area contributed by atoms with Crippen LogP contribution in [0.4, 0.5) is 14.5 Å². The summed E-state index contributed by atoms with van der Waals surface area (Å²) in [5.74, 6) is -0.974. The Morgan fingerprint density at radius 2 is 1.84 bits per heavy atom. The highest BCUT2D eigenvalue weighted by atomic mass is 19.1. The van der Waals surface area contributed by atoms with Crippen molar-refractivity contribution in [2.75, 3.05) is 24.7 Å². The molecule has 2 heterocycles. The van der Waals surface area contributed by atoms with Gasteiger partial charge in [0.05, 0.1) is 18.2 Å². The fourth-order valence-electron chi connectivity index (χ4n) is 4.22. The Morgan fingerprint density at radius 1 is 1.12 bits per heavy atom. The summed E-state index contributed by atoms with van der Waals surface area (Å²) < 4.78 is 34.8. The van der Waals surface area contributed by atoms with Crippen molar-refractivity contribution in [3.8, 4) is 6.07 Å². The molecule has 2 fully saturated rings. The van der Waals surface area contributed by atoms with Gasteiger partial charge in [-0.3, -0.25) is 0 Å². The van der Waals surface area contributed by atoms with Crippen LogP contribution >= 0.6 is 0 Å². The molecule has 128 valence electrons. The Bertz CT molecular complexity index is 795. The van der Waals surface area contributed by atoms with Crippen LogP contribution in [0.3, 0.4) is 0 Å². The van der Waals surface area contributed by atoms with E-state index in [2.05, 4.69) is 12.1 Å². The van der Waals surface area contributed by atoms with E-state index in [0.717, 1.165) is 18.6 Å². The molecular formula is C20H18F2N2O. The van der Waals surface area contributed by atoms with Gasteiger partial charge >= 0.3 is 0 Å². The predicted molar refractivity (Wildman–Crippen MR) is 90.3 cm³/mol. The molecule has 25 heavy (non-hydrogen) atoms. The molecule has 2 saturated heterocycles. The van der Waals surface area contributed by atoms with Crippen molar-refractivity contribution in [2.45, 2.75) is 18.4 Å². The monoisotopic (exact) mass is 340 g/mol. The van der Waals surface area contributed by atoms with Crippen molar-refractivity contribution < 1.29 is 13.5 Å². The van der Waals surface area contributed by atoms with Crippen LogP contribution in [-0.2, 0) is 4.74 Å². The van der Waals surface area contributed by atoms with E-state index in [9.17, 15) is 8.78 Å². The highest BCUT2D eigenvalue weighted by Gasteiger charge is 2.45. The molecule has 0 spiro atoms. The highest BCUT2D eigenvalue weighted by molar-refractivity contribution is 5.55. The Hall–Kier alpha value is -2.45. The number of halogens is 2. The molecule has 2 aliphatic heterocycles. The standard InChI is InChI=1S/C20H18F2N2O/c21-17-8-13(10-23)9-18(22)20(17)24-11-15(14-4-2-1-3-5-14)16-12-25-7-6-19(16)24/h1-5,8-9,15-16,19H,6-7,11-12H2/t15-,16+,19+/m1/s1. The normalized spacial score (nSPS) is 25.5. The average molecular weight is 340 g/mol. The molecule has 0 unspecified atom stereocenters. The van der Waals surface area contributed by atoms with Gasteiger partial charge in [0.15, 0.2) is 11.6 Å². The van der Waals surface area contributed by atoms with Crippen LogP contribution in [0.15, 0.2) is 42.5 Å². The molecule has 4 rings (SSSR count). The molecule has 0 N–H and O–H groups in total. The number of rotatable bonds is 2. The van der Waals surface area contributed by atoms with Crippen LogP contribution < -0.4 is 4.90 Å². The van der Waals surface area contributed by atoms with Gasteiger partial charge < -0.3 is 9.64 Å². The van der Waals surface area contributed by atoms with Gasteiger partial charge in [-0.2, -0.15) is 5.26 Å². The third kappa shape index (κ3) is 2.77. The third-order valence-corrected chi connectivity index (χ3v) is 5.33. The third-order valence-electron chi connectivity index (χ3n) is 5.33. The number of hydrogen-bond donors (Lipinski definition) is 0. The first kappa shape index (κ1) is 16.0. The minimum Gasteiger partial charge on any atom is -0.381 e. The molecule has 5 heteroatoms. The zero-order valence-corrected chi connectivity index (χ0v) is 13.7. The Morgan fingerprint density at radius 3 is 2.52 bits per heavy atom. The molecule has 0 aromatic heterocycles. The summed E-state index contributed by atoms with van der Waals surface area (Å²) in [4.78, 5) is 1.84. The van der Waals surface area contributed by atoms with E-state index in [1.807, 2.05) is 23.1 Å². The van der Waals surface area contributed by atoms with Gasteiger partial charge in [-0.1, -0.05) is 30.3 Å². The summed E-state index contributed by atoms with van der Waals surface area (Å²) in [7, 11) is 0. The second kappa shape index (κ2) is 6.45. The second-order valence-corrected chi connectivity index (χ2v) is 6.66. The highest BCUT2D eigenvalue weighted by Crippen LogP contribution is 2.44. The molecule has 2 aromatic rings. The predicted octanol–water partition coefficient (Wildman–Crippen LogP) is 3.85. The van der Waals surface area contributed by atoms with Gasteiger partial charge in [-0.05, 0) is 24.1 Å². The van der Waals surface area contributed by atoms with Crippen LogP contribution in [0.5, 0.6) is 0 Å². The van der Waals surface area contributed by atoms with Crippen molar-refractivity contribution in [1.82, 2.24) is 0 Å². The van der Waals surface area contributed by atoms with Crippen molar-refractivity contribution in [3.63, 3.8) is 0 Å². The molecule has 0 aliphatic carbocycles. The molecule has 0 bridgehead atoms. The lowest BCUT2D eigenvalue weighted by molar-refractivity contribution is 0.0461. The number of ether oxygens (including phenoxy) is 1. The summed E-state index contributed by atoms with van der Waals surface area (Å²) in [6, 6.07) is 14.1. The van der Waals surface area contributed by atoms with Gasteiger partial charge in [0.25, 0.3) is 0 Å². The Kier molecular flexibility index (Phi) is 4.14. The topological polar surface area (TPSA) is 36.3 Å². The van der Waals surface area contributed by atoms with E-state index in [4.69, 9.17) is 10.00 Å². The molecule has 2 aromatic carbocycles. The van der Waals surface area contributed by atoms with Gasteiger partial charge in [0, 0.05) is 31.0 Å². The van der Waals surface area contributed by atoms with Gasteiger partial charge in [-0.25, -0.2) is 8.78 Å². The number of hydrogen-bond acceptors (Lipinski definition) is 3. The van der Waals surface area contributed by atoms with Crippen LogP contribution in [0, 0.1) is 28.9 Å². The lowest BCUT2D eigenvalue weighted by atomic mass is 9.84. The maximum Gasteiger partial charge on any atom is 0.150 e. The second-order valence-electron chi connectivity index (χ2n) is 6.66. The molecule has 0 saturated carbocycles. The zero-order chi connectivity index (χ0) is 17.4. The quantitative estimate of drug-likeness (QED) is 0.833. The van der Waals surface area contributed by atoms with E-state index in [-0.39, 0.29) is 29.1 Å². The summed E-state index contributed by atoms with van der Waals surface area (Å²) >= 11 is 0. The maximum absolute atomic E-state index is 14.6. The molecule has 3 atom stereocenters. The lowest BCUT2D eigenvalue weighted by Gasteiger charge is -2.33. The average Bonchev–Trinajstić information content (AvgIpc) is 3.01. The van der Waals surface area contributed by atoms with E-state index in [0.29, 0.717) is 19.8 Å². The lowest BCUT2D eigenvalue weighted by Crippen LogP contribution is -2.39. The van der Waals surface area contributed by atoms with Gasteiger partial charge in [0.1, 0.15) is 5.69 Å². The Balaban J connectivity index is 1.74. The van der Waals surface area contributed by atoms with Crippen molar-refractivity contribution >= 4 is 5.69 Å². The van der Waals surface area contributed by atoms with Crippen LogP contribution in [-0.4, -0.2) is 25.8 Å². The van der Waals surface area contributed by atoms with Gasteiger partial charge in [0.2, 0.25) is 0 Å². The van der Waals surface area contributed by atoms with E-state index in [1.54, 1.807) is 6.07 Å². The first-order valence-corrected chi connectivity index (χ1v) is 8.47. The molecular weight excluding hydrogens is 322 g/mol. The number of nitriles is 1. The smallest absolute Gasteiger partial charge is 0.150 e. The maximum atomic E-state index is 14.6. The first-order chi connectivity index (χ1) is 12.2. The summed E-state index contributed by atoms with van der Waals surface area (Å²) in [5, 5.41) is 8.91. The summed E-state index contributed by atoms with van der Waals surface area (Å²) in [6.07, 6.45) is 0.743. The minimum atomic E-state index is -0.671. The molecule has 3 nitrogen and oxygen atoms in total.